The van der Waals surface area contributed by atoms with Gasteiger partial charge in [-0.15, -0.1) is 0 Å². The van der Waals surface area contributed by atoms with Crippen LogP contribution in [0.1, 0.15) is 84.4 Å². The lowest BCUT2D eigenvalue weighted by Crippen LogP contribution is -2.19. The molecule has 0 heterocycles. The summed E-state index contributed by atoms with van der Waals surface area (Å²) < 4.78 is 49.5. The van der Waals surface area contributed by atoms with Gasteiger partial charge in [0, 0.05) is 71.6 Å². The predicted molar refractivity (Wildman–Crippen MR) is 292 cm³/mol. The van der Waals surface area contributed by atoms with Crippen LogP contribution < -0.4 is 31.9 Å². The van der Waals surface area contributed by atoms with Gasteiger partial charge in [0.2, 0.25) is 0 Å². The van der Waals surface area contributed by atoms with Crippen molar-refractivity contribution in [2.45, 2.75) is 26.9 Å². The SMILES string of the molecule is CNC(=O)c1c(C)cccc1Cl.CNC(=O)c1c(Cl)cccc1Cl.CNC(=O)c1cc(C(F)(F)F)ccc1Cl.CNC(=O)c1ccc(F)cc1C.CNC(=O)c1ccc([N+](=O)[O-])cc1C.CNC(=O)c1ccccc1[N+](=O)[O-]. The zero-order chi connectivity index (χ0) is 59.6. The number of nitro benzene ring substituents is 2. The highest BCUT2D eigenvalue weighted by Crippen LogP contribution is 2.32. The van der Waals surface area contributed by atoms with Crippen LogP contribution in [0.25, 0.3) is 0 Å². The highest BCUT2D eigenvalue weighted by atomic mass is 35.5. The van der Waals surface area contributed by atoms with E-state index in [2.05, 4.69) is 31.9 Å². The molecule has 78 heavy (non-hydrogen) atoms. The molecule has 0 fully saturated rings. The Kier molecular flexibility index (Phi) is 28.8. The molecule has 0 radical (unpaired) electrons. The molecule has 0 spiro atoms. The first-order valence-corrected chi connectivity index (χ1v) is 23.7. The second-order valence-corrected chi connectivity index (χ2v) is 16.8. The van der Waals surface area contributed by atoms with E-state index in [0.717, 1.165) is 23.8 Å². The Balaban J connectivity index is 0.000000469. The number of non-ortho nitro benzene ring substituents is 1. The Morgan fingerprint density at radius 3 is 1.29 bits per heavy atom. The monoisotopic (exact) mass is 1160 g/mol. The Morgan fingerprint density at radius 1 is 0.436 bits per heavy atom. The molecule has 6 aromatic rings. The molecular weight excluding hydrogens is 1110 g/mol. The highest BCUT2D eigenvalue weighted by Gasteiger charge is 2.31. The van der Waals surface area contributed by atoms with Gasteiger partial charge in [-0.3, -0.25) is 49.0 Å². The number of nitro groups is 2. The fraction of sp³-hybridized carbons (Fsp3) is 0.192. The third kappa shape index (κ3) is 21.1. The summed E-state index contributed by atoms with van der Waals surface area (Å²) in [6.07, 6.45) is -4.48. The number of carbonyl (C=O) groups is 6. The molecule has 18 nitrogen and oxygen atoms in total. The van der Waals surface area contributed by atoms with E-state index in [9.17, 15) is 66.6 Å². The van der Waals surface area contributed by atoms with Gasteiger partial charge in [0.25, 0.3) is 46.8 Å². The minimum atomic E-state index is -4.48. The smallest absolute Gasteiger partial charge is 0.355 e. The summed E-state index contributed by atoms with van der Waals surface area (Å²) in [5, 5.41) is 36.6. The number of para-hydroxylation sites is 1. The highest BCUT2D eigenvalue weighted by molar-refractivity contribution is 6.39. The van der Waals surface area contributed by atoms with Crippen LogP contribution in [0.3, 0.4) is 0 Å². The minimum absolute atomic E-state index is 0.00449. The number of amides is 6. The largest absolute Gasteiger partial charge is 0.416 e. The summed E-state index contributed by atoms with van der Waals surface area (Å²) in [5.74, 6) is -2.26. The average Bonchev–Trinajstić information content (AvgIpc) is 3.40. The van der Waals surface area contributed by atoms with Crippen LogP contribution in [0.4, 0.5) is 28.9 Å². The number of hydrogen-bond acceptors (Lipinski definition) is 10. The summed E-state index contributed by atoms with van der Waals surface area (Å²) >= 11 is 22.9. The van der Waals surface area contributed by atoms with Gasteiger partial charge in [-0.25, -0.2) is 4.39 Å². The van der Waals surface area contributed by atoms with Gasteiger partial charge in [-0.05, 0) is 104 Å². The van der Waals surface area contributed by atoms with Crippen molar-refractivity contribution in [3.05, 3.63) is 217 Å². The lowest BCUT2D eigenvalue weighted by atomic mass is 10.1. The molecule has 0 saturated heterocycles. The maximum atomic E-state index is 12.6. The number of nitrogens with zero attached hydrogens (tertiary/aromatic N) is 2. The summed E-state index contributed by atoms with van der Waals surface area (Å²) in [7, 11) is 8.93. The van der Waals surface area contributed by atoms with Crippen molar-refractivity contribution in [2.75, 3.05) is 42.3 Å². The number of alkyl halides is 3. The number of rotatable bonds is 8. The number of nitrogens with one attached hydrogen (secondary N) is 6. The van der Waals surface area contributed by atoms with Crippen molar-refractivity contribution in [1.29, 1.82) is 0 Å². The van der Waals surface area contributed by atoms with E-state index in [-0.39, 0.29) is 57.0 Å². The molecule has 0 unspecified atom stereocenters. The van der Waals surface area contributed by atoms with Crippen LogP contribution in [-0.4, -0.2) is 87.6 Å². The van der Waals surface area contributed by atoms with Crippen molar-refractivity contribution in [3.63, 3.8) is 0 Å². The molecule has 0 atom stereocenters. The first kappa shape index (κ1) is 67.8. The first-order chi connectivity index (χ1) is 36.6. The fourth-order valence-electron chi connectivity index (χ4n) is 6.02. The molecule has 0 aromatic heterocycles. The van der Waals surface area contributed by atoms with Crippen LogP contribution >= 0.6 is 46.4 Å². The second-order valence-electron chi connectivity index (χ2n) is 15.2. The van der Waals surface area contributed by atoms with Gasteiger partial charge in [0.15, 0.2) is 0 Å². The van der Waals surface area contributed by atoms with E-state index in [1.54, 1.807) is 58.3 Å². The number of carbonyl (C=O) groups excluding carboxylic acids is 6. The van der Waals surface area contributed by atoms with Gasteiger partial charge in [-0.2, -0.15) is 13.2 Å². The zero-order valence-corrected chi connectivity index (χ0v) is 46.0. The van der Waals surface area contributed by atoms with E-state index in [1.807, 2.05) is 19.1 Å². The average molecular weight is 1170 g/mol. The van der Waals surface area contributed by atoms with Crippen molar-refractivity contribution < 1.29 is 56.2 Å². The second kappa shape index (κ2) is 33.1. The lowest BCUT2D eigenvalue weighted by Gasteiger charge is -2.09. The molecule has 6 aromatic carbocycles. The van der Waals surface area contributed by atoms with E-state index in [1.165, 1.54) is 82.8 Å². The molecule has 0 aliphatic heterocycles. The van der Waals surface area contributed by atoms with Crippen LogP contribution in [0.15, 0.2) is 115 Å². The molecular formula is C52H52Cl4F4N8O10. The number of aryl methyl sites for hydroxylation is 3. The molecule has 6 rings (SSSR count). The normalized spacial score (nSPS) is 9.86. The molecule has 416 valence electrons. The first-order valence-electron chi connectivity index (χ1n) is 22.2. The zero-order valence-electron chi connectivity index (χ0n) is 43.0. The molecule has 26 heteroatoms. The van der Waals surface area contributed by atoms with Gasteiger partial charge in [-0.1, -0.05) is 76.7 Å². The molecule has 0 saturated carbocycles. The van der Waals surface area contributed by atoms with Gasteiger partial charge < -0.3 is 31.9 Å². The summed E-state index contributed by atoms with van der Waals surface area (Å²) in [6, 6.07) is 27.0. The number of halogens is 8. The van der Waals surface area contributed by atoms with E-state index in [4.69, 9.17) is 46.4 Å². The maximum absolute atomic E-state index is 12.6. The van der Waals surface area contributed by atoms with E-state index in [0.29, 0.717) is 48.4 Å². The van der Waals surface area contributed by atoms with Crippen LogP contribution in [0.2, 0.25) is 20.1 Å². The van der Waals surface area contributed by atoms with Crippen molar-refractivity contribution >= 4 is 93.2 Å². The van der Waals surface area contributed by atoms with E-state index < -0.39 is 33.4 Å². The summed E-state index contributed by atoms with van der Waals surface area (Å²) in [5.41, 5.74) is 2.79. The molecule has 6 amide bonds. The number of benzene rings is 6. The molecule has 0 aliphatic carbocycles. The molecule has 0 aliphatic rings. The Bertz CT molecular complexity index is 3030. The van der Waals surface area contributed by atoms with Crippen molar-refractivity contribution in [3.8, 4) is 0 Å². The van der Waals surface area contributed by atoms with Crippen LogP contribution in [-0.2, 0) is 6.18 Å². The molecule has 0 bridgehead atoms. The number of hydrogen-bond donors (Lipinski definition) is 6. The van der Waals surface area contributed by atoms with Gasteiger partial charge >= 0.3 is 6.18 Å². The van der Waals surface area contributed by atoms with Gasteiger partial charge in [0.05, 0.1) is 52.2 Å². The van der Waals surface area contributed by atoms with Crippen molar-refractivity contribution in [1.82, 2.24) is 31.9 Å². The topological polar surface area (TPSA) is 261 Å². The Morgan fingerprint density at radius 2 is 0.859 bits per heavy atom. The lowest BCUT2D eigenvalue weighted by molar-refractivity contribution is -0.385. The van der Waals surface area contributed by atoms with Gasteiger partial charge in [0.1, 0.15) is 11.4 Å². The fourth-order valence-corrected chi connectivity index (χ4v) is 7.10. The third-order valence-electron chi connectivity index (χ3n) is 9.98. The summed E-state index contributed by atoms with van der Waals surface area (Å²) in [4.78, 5) is 86.9. The third-order valence-corrected chi connectivity index (χ3v) is 11.3. The quantitative estimate of drug-likeness (QED) is 0.0477. The Labute approximate surface area is 465 Å². The van der Waals surface area contributed by atoms with E-state index >= 15 is 0 Å². The van der Waals surface area contributed by atoms with Crippen molar-refractivity contribution in [2.24, 2.45) is 0 Å². The maximum Gasteiger partial charge on any atom is 0.416 e. The molecule has 6 N–H and O–H groups in total. The van der Waals surface area contributed by atoms with Crippen LogP contribution in [0, 0.1) is 46.8 Å². The summed E-state index contributed by atoms with van der Waals surface area (Å²) in [6.45, 7) is 5.22. The predicted octanol–water partition coefficient (Wildman–Crippen LogP) is 10.8. The minimum Gasteiger partial charge on any atom is -0.355 e. The van der Waals surface area contributed by atoms with Crippen LogP contribution in [0.5, 0.6) is 0 Å². The Hall–Kier alpha value is -8.18. The standard InChI is InChI=1S/C9H7ClF3NO.C9H10ClNO.C9H10FNO.C9H10N2O3.C8H7Cl2NO.C8H8N2O3/c1-14-8(15)6-4-5(9(11,12)13)2-3-7(6)10;1-6-4-3-5-7(10)8(6)9(12)11-2;1-6-5-7(10)3-4-8(6)9(12)11-2;1-6-5-7(11(13)14)3-4-8(6)9(12)10-2;1-11-8(12)7-5(9)3-2-4-6(7)10;1-9-8(11)6-4-2-3-5-7(6)10(12)13/h2-4H,1H3,(H,14,15);2*3-5H,1-2H3,(H,11,12);3-5H,1-2H3,(H,10,12);2-4H,1H3,(H,11,12);2-5H,1H3,(H,9,11).